The van der Waals surface area contributed by atoms with Crippen molar-refractivity contribution >= 4 is 51.9 Å². The van der Waals surface area contributed by atoms with Crippen molar-refractivity contribution in [2.24, 2.45) is 0 Å². The standard InChI is InChI=1S/C23H22N2O3S2/c1-4-11-25-22(27)20(30-23(25)29)13-17-6-9-19(10-7-17)28-14-21(26)24-18-8-5-15(2)16(3)12-18/h4-10,12-13H,1,11,14H2,2-3H3,(H,24,26)/b20-13+. The molecule has 2 amide bonds. The van der Waals surface area contributed by atoms with E-state index >= 15 is 0 Å². The maximum atomic E-state index is 12.4. The first-order chi connectivity index (χ1) is 14.4. The summed E-state index contributed by atoms with van der Waals surface area (Å²) in [6, 6.07) is 13.0. The minimum Gasteiger partial charge on any atom is -0.484 e. The Morgan fingerprint density at radius 2 is 1.93 bits per heavy atom. The first kappa shape index (κ1) is 21.8. The van der Waals surface area contributed by atoms with Gasteiger partial charge in [-0.05, 0) is 60.9 Å². The molecular weight excluding hydrogens is 416 g/mol. The SMILES string of the molecule is C=CCN1C(=O)/C(=C\c2ccc(OCC(=O)Nc3ccc(C)c(C)c3)cc2)SC1=S. The van der Waals surface area contributed by atoms with Crippen molar-refractivity contribution in [2.75, 3.05) is 18.5 Å². The number of nitrogens with one attached hydrogen (secondary N) is 1. The smallest absolute Gasteiger partial charge is 0.266 e. The number of thioether (sulfide) groups is 1. The van der Waals surface area contributed by atoms with Crippen molar-refractivity contribution < 1.29 is 14.3 Å². The molecule has 5 nitrogen and oxygen atoms in total. The molecule has 0 unspecified atom stereocenters. The molecule has 3 rings (SSSR count). The highest BCUT2D eigenvalue weighted by Crippen LogP contribution is 2.32. The van der Waals surface area contributed by atoms with Gasteiger partial charge in [-0.25, -0.2) is 0 Å². The Bertz CT molecular complexity index is 1030. The van der Waals surface area contributed by atoms with Gasteiger partial charge >= 0.3 is 0 Å². The van der Waals surface area contributed by atoms with Gasteiger partial charge in [-0.3, -0.25) is 14.5 Å². The number of thiocarbonyl (C=S) groups is 1. The average molecular weight is 439 g/mol. The Labute approximate surface area is 185 Å². The zero-order chi connectivity index (χ0) is 21.7. The van der Waals surface area contributed by atoms with E-state index < -0.39 is 0 Å². The molecule has 0 aliphatic carbocycles. The normalized spacial score (nSPS) is 14.9. The first-order valence-electron chi connectivity index (χ1n) is 9.33. The Hall–Kier alpha value is -2.90. The number of carbonyl (C=O) groups excluding carboxylic acids is 2. The average Bonchev–Trinajstić information content (AvgIpc) is 2.98. The minimum absolute atomic E-state index is 0.0908. The molecule has 1 aliphatic rings. The van der Waals surface area contributed by atoms with Gasteiger partial charge in [0.1, 0.15) is 10.1 Å². The van der Waals surface area contributed by atoms with Crippen LogP contribution in [0.2, 0.25) is 0 Å². The number of rotatable bonds is 7. The van der Waals surface area contributed by atoms with E-state index in [9.17, 15) is 9.59 Å². The molecule has 0 atom stereocenters. The number of hydrogen-bond acceptors (Lipinski definition) is 5. The fourth-order valence-corrected chi connectivity index (χ4v) is 4.04. The molecule has 154 valence electrons. The van der Waals surface area contributed by atoms with Crippen LogP contribution in [0.15, 0.2) is 60.0 Å². The lowest BCUT2D eigenvalue weighted by Crippen LogP contribution is -2.27. The predicted molar refractivity (Wildman–Crippen MR) is 127 cm³/mol. The van der Waals surface area contributed by atoms with Gasteiger partial charge in [0.15, 0.2) is 6.61 Å². The molecule has 0 saturated carbocycles. The van der Waals surface area contributed by atoms with Crippen molar-refractivity contribution in [1.82, 2.24) is 4.90 Å². The van der Waals surface area contributed by atoms with Crippen molar-refractivity contribution in [3.8, 4) is 5.75 Å². The van der Waals surface area contributed by atoms with Gasteiger partial charge in [0, 0.05) is 12.2 Å². The highest BCUT2D eigenvalue weighted by Gasteiger charge is 2.30. The summed E-state index contributed by atoms with van der Waals surface area (Å²) < 4.78 is 6.09. The monoisotopic (exact) mass is 438 g/mol. The molecule has 0 spiro atoms. The third kappa shape index (κ3) is 5.37. The van der Waals surface area contributed by atoms with Gasteiger partial charge in [-0.15, -0.1) is 6.58 Å². The maximum Gasteiger partial charge on any atom is 0.266 e. The summed E-state index contributed by atoms with van der Waals surface area (Å²) in [5.41, 5.74) is 3.88. The van der Waals surface area contributed by atoms with E-state index in [1.807, 2.05) is 44.2 Å². The van der Waals surface area contributed by atoms with Gasteiger partial charge in [-0.2, -0.15) is 0 Å². The van der Waals surface area contributed by atoms with E-state index in [0.717, 1.165) is 16.8 Å². The van der Waals surface area contributed by atoms with Crippen LogP contribution in [-0.4, -0.2) is 34.2 Å². The quantitative estimate of drug-likeness (QED) is 0.385. The molecule has 2 aromatic rings. The van der Waals surface area contributed by atoms with E-state index in [0.29, 0.717) is 21.5 Å². The fourth-order valence-electron chi connectivity index (χ4n) is 2.76. The predicted octanol–water partition coefficient (Wildman–Crippen LogP) is 4.71. The summed E-state index contributed by atoms with van der Waals surface area (Å²) in [6.07, 6.45) is 3.44. The lowest BCUT2D eigenvalue weighted by atomic mass is 10.1. The zero-order valence-electron chi connectivity index (χ0n) is 16.8. The van der Waals surface area contributed by atoms with Crippen LogP contribution in [0.1, 0.15) is 16.7 Å². The van der Waals surface area contributed by atoms with Crippen LogP contribution in [0.3, 0.4) is 0 Å². The maximum absolute atomic E-state index is 12.4. The number of aryl methyl sites for hydroxylation is 2. The summed E-state index contributed by atoms with van der Waals surface area (Å²) in [5, 5.41) is 2.83. The van der Waals surface area contributed by atoms with Gasteiger partial charge in [0.2, 0.25) is 0 Å². The number of carbonyl (C=O) groups is 2. The highest BCUT2D eigenvalue weighted by atomic mass is 32.2. The number of benzene rings is 2. The summed E-state index contributed by atoms with van der Waals surface area (Å²) in [6.45, 7) is 7.98. The third-order valence-corrected chi connectivity index (χ3v) is 5.90. The van der Waals surface area contributed by atoms with Crippen LogP contribution >= 0.6 is 24.0 Å². The molecule has 1 fully saturated rings. The Morgan fingerprint density at radius 1 is 1.20 bits per heavy atom. The van der Waals surface area contributed by atoms with Crippen LogP contribution in [0, 0.1) is 13.8 Å². The van der Waals surface area contributed by atoms with Gasteiger partial charge in [-0.1, -0.05) is 48.3 Å². The van der Waals surface area contributed by atoms with Crippen molar-refractivity contribution in [3.63, 3.8) is 0 Å². The Kier molecular flexibility index (Phi) is 7.07. The summed E-state index contributed by atoms with van der Waals surface area (Å²) >= 11 is 6.51. The number of nitrogens with zero attached hydrogens (tertiary/aromatic N) is 1. The molecule has 1 aliphatic heterocycles. The van der Waals surface area contributed by atoms with E-state index in [2.05, 4.69) is 11.9 Å². The van der Waals surface area contributed by atoms with Gasteiger partial charge in [0.05, 0.1) is 4.91 Å². The van der Waals surface area contributed by atoms with Crippen LogP contribution in [0.5, 0.6) is 5.75 Å². The first-order valence-corrected chi connectivity index (χ1v) is 10.6. The topological polar surface area (TPSA) is 58.6 Å². The van der Waals surface area contributed by atoms with E-state index in [1.54, 1.807) is 24.3 Å². The molecule has 1 saturated heterocycles. The number of amides is 2. The second-order valence-corrected chi connectivity index (χ2v) is 8.46. The number of ether oxygens (including phenoxy) is 1. The molecule has 0 bridgehead atoms. The third-order valence-electron chi connectivity index (χ3n) is 4.52. The lowest BCUT2D eigenvalue weighted by Gasteiger charge is -2.10. The van der Waals surface area contributed by atoms with Crippen molar-refractivity contribution in [1.29, 1.82) is 0 Å². The lowest BCUT2D eigenvalue weighted by molar-refractivity contribution is -0.121. The molecule has 1 heterocycles. The largest absolute Gasteiger partial charge is 0.484 e. The molecule has 7 heteroatoms. The van der Waals surface area contributed by atoms with Gasteiger partial charge in [0.25, 0.3) is 11.8 Å². The Balaban J connectivity index is 1.56. The zero-order valence-corrected chi connectivity index (χ0v) is 18.4. The fraction of sp³-hybridized carbons (Fsp3) is 0.174. The molecule has 2 aromatic carbocycles. The van der Waals surface area contributed by atoms with Crippen LogP contribution in [-0.2, 0) is 9.59 Å². The van der Waals surface area contributed by atoms with Crippen molar-refractivity contribution in [3.05, 3.63) is 76.7 Å². The second kappa shape index (κ2) is 9.73. The minimum atomic E-state index is -0.228. The Morgan fingerprint density at radius 3 is 2.60 bits per heavy atom. The van der Waals surface area contributed by atoms with Gasteiger partial charge < -0.3 is 10.1 Å². The number of anilines is 1. The molecular formula is C23H22N2O3S2. The molecule has 1 N–H and O–H groups in total. The number of hydrogen-bond donors (Lipinski definition) is 1. The summed E-state index contributed by atoms with van der Waals surface area (Å²) in [5.74, 6) is 0.225. The van der Waals surface area contributed by atoms with Crippen LogP contribution in [0.25, 0.3) is 6.08 Å². The summed E-state index contributed by atoms with van der Waals surface area (Å²) in [7, 11) is 0. The van der Waals surface area contributed by atoms with E-state index in [-0.39, 0.29) is 18.4 Å². The van der Waals surface area contributed by atoms with Crippen LogP contribution in [0.4, 0.5) is 5.69 Å². The van der Waals surface area contributed by atoms with E-state index in [1.165, 1.54) is 22.2 Å². The van der Waals surface area contributed by atoms with Crippen molar-refractivity contribution in [2.45, 2.75) is 13.8 Å². The molecule has 30 heavy (non-hydrogen) atoms. The van der Waals surface area contributed by atoms with Crippen LogP contribution < -0.4 is 10.1 Å². The second-order valence-electron chi connectivity index (χ2n) is 6.79. The molecule has 0 radical (unpaired) electrons. The van der Waals surface area contributed by atoms with E-state index in [4.69, 9.17) is 17.0 Å². The molecule has 0 aromatic heterocycles. The highest BCUT2D eigenvalue weighted by molar-refractivity contribution is 8.26. The summed E-state index contributed by atoms with van der Waals surface area (Å²) in [4.78, 5) is 26.6.